The van der Waals surface area contributed by atoms with E-state index >= 15 is 0 Å². The quantitative estimate of drug-likeness (QED) is 0.604. The van der Waals surface area contributed by atoms with E-state index in [1.54, 1.807) is 6.07 Å². The summed E-state index contributed by atoms with van der Waals surface area (Å²) in [6, 6.07) is 3.08. The van der Waals surface area contributed by atoms with E-state index in [1.807, 2.05) is 20.8 Å². The molecule has 0 bridgehead atoms. The number of carbonyl (C=O) groups excluding carboxylic acids is 1. The molecule has 1 rings (SSSR count). The number of nitrogen functional groups attached to an aromatic ring is 1. The number of anilines is 1. The summed E-state index contributed by atoms with van der Waals surface area (Å²) in [5.41, 5.74) is 5.92. The molecule has 0 amide bonds. The molecule has 15 heavy (non-hydrogen) atoms. The number of nitrogens with two attached hydrogens (primary N) is 1. The average Bonchev–Trinajstić information content (AvgIpc) is 2.08. The summed E-state index contributed by atoms with van der Waals surface area (Å²) in [5, 5.41) is 0.733. The van der Waals surface area contributed by atoms with Crippen molar-refractivity contribution in [3.05, 3.63) is 27.7 Å². The fraction of sp³-hybridized carbons (Fsp3) is 0.364. The van der Waals surface area contributed by atoms with Gasteiger partial charge in [0.05, 0.1) is 10.7 Å². The van der Waals surface area contributed by atoms with Gasteiger partial charge in [-0.05, 0) is 12.1 Å². The molecule has 1 aromatic carbocycles. The molecule has 4 heteroatoms. The Labute approximate surface area is 99.4 Å². The molecule has 1 aromatic rings. The number of ketones is 1. The summed E-state index contributed by atoms with van der Waals surface area (Å²) in [5.74, 6) is -0.0654. The van der Waals surface area contributed by atoms with Crippen LogP contribution in [0.5, 0.6) is 0 Å². The highest BCUT2D eigenvalue weighted by Crippen LogP contribution is 2.31. The van der Waals surface area contributed by atoms with Crippen LogP contribution < -0.4 is 5.73 Å². The highest BCUT2D eigenvalue weighted by Gasteiger charge is 2.25. The summed E-state index contributed by atoms with van der Waals surface area (Å²) in [6.07, 6.45) is 0. The van der Waals surface area contributed by atoms with E-state index in [-0.39, 0.29) is 5.78 Å². The monoisotopic (exact) mass is 245 g/mol. The van der Waals surface area contributed by atoms with Crippen LogP contribution in [0.15, 0.2) is 12.1 Å². The van der Waals surface area contributed by atoms with Gasteiger partial charge in [0.2, 0.25) is 0 Å². The van der Waals surface area contributed by atoms with E-state index in [2.05, 4.69) is 0 Å². The molecule has 0 fully saturated rings. The van der Waals surface area contributed by atoms with Gasteiger partial charge in [0.15, 0.2) is 5.78 Å². The summed E-state index contributed by atoms with van der Waals surface area (Å²) >= 11 is 11.7. The Kier molecular flexibility index (Phi) is 3.31. The number of hydrogen-bond donors (Lipinski definition) is 1. The SMILES string of the molecule is CC(C)(C)C(=O)c1cc(Cl)cc(Cl)c1N. The van der Waals surface area contributed by atoms with Gasteiger partial charge in [-0.25, -0.2) is 0 Å². The third-order valence-corrected chi connectivity index (χ3v) is 2.55. The number of rotatable bonds is 1. The van der Waals surface area contributed by atoms with Crippen molar-refractivity contribution < 1.29 is 4.79 Å². The van der Waals surface area contributed by atoms with Gasteiger partial charge < -0.3 is 5.73 Å². The van der Waals surface area contributed by atoms with E-state index in [1.165, 1.54) is 6.07 Å². The summed E-state index contributed by atoms with van der Waals surface area (Å²) in [6.45, 7) is 5.47. The smallest absolute Gasteiger partial charge is 0.170 e. The second-order valence-electron chi connectivity index (χ2n) is 4.43. The van der Waals surface area contributed by atoms with Crippen molar-refractivity contribution in [3.8, 4) is 0 Å². The lowest BCUT2D eigenvalue weighted by Crippen LogP contribution is -2.21. The lowest BCUT2D eigenvalue weighted by Gasteiger charge is -2.18. The summed E-state index contributed by atoms with van der Waals surface area (Å²) in [4.78, 5) is 12.0. The van der Waals surface area contributed by atoms with Crippen molar-refractivity contribution in [2.45, 2.75) is 20.8 Å². The standard InChI is InChI=1S/C11H13Cl2NO/c1-11(2,3)10(15)7-4-6(12)5-8(13)9(7)14/h4-5H,14H2,1-3H3. The minimum atomic E-state index is -0.498. The molecule has 2 N–H and O–H groups in total. The van der Waals surface area contributed by atoms with Crippen LogP contribution in [0.2, 0.25) is 10.0 Å². The van der Waals surface area contributed by atoms with Gasteiger partial charge in [-0.3, -0.25) is 4.79 Å². The Morgan fingerprint density at radius 1 is 1.27 bits per heavy atom. The molecule has 0 aromatic heterocycles. The molecule has 82 valence electrons. The van der Waals surface area contributed by atoms with Gasteiger partial charge in [-0.15, -0.1) is 0 Å². The van der Waals surface area contributed by atoms with Crippen LogP contribution in [-0.2, 0) is 0 Å². The average molecular weight is 246 g/mol. The minimum Gasteiger partial charge on any atom is -0.397 e. The lowest BCUT2D eigenvalue weighted by molar-refractivity contribution is 0.0859. The van der Waals surface area contributed by atoms with E-state index in [9.17, 15) is 4.79 Å². The zero-order valence-electron chi connectivity index (χ0n) is 8.90. The number of carbonyl (C=O) groups is 1. The molecule has 0 atom stereocenters. The lowest BCUT2D eigenvalue weighted by atomic mass is 9.86. The first-order chi connectivity index (χ1) is 6.73. The van der Waals surface area contributed by atoms with Gasteiger partial charge in [0.1, 0.15) is 0 Å². The van der Waals surface area contributed by atoms with Gasteiger partial charge in [-0.2, -0.15) is 0 Å². The molecule has 0 saturated carbocycles. The van der Waals surface area contributed by atoms with Crippen LogP contribution in [0, 0.1) is 5.41 Å². The zero-order valence-corrected chi connectivity index (χ0v) is 10.4. The van der Waals surface area contributed by atoms with Crippen LogP contribution in [0.3, 0.4) is 0 Å². The van der Waals surface area contributed by atoms with Gasteiger partial charge >= 0.3 is 0 Å². The first-order valence-electron chi connectivity index (χ1n) is 4.53. The van der Waals surface area contributed by atoms with Crippen LogP contribution in [-0.4, -0.2) is 5.78 Å². The number of benzene rings is 1. The second kappa shape index (κ2) is 4.03. The van der Waals surface area contributed by atoms with Crippen molar-refractivity contribution in [1.29, 1.82) is 0 Å². The molecular weight excluding hydrogens is 233 g/mol. The first-order valence-corrected chi connectivity index (χ1v) is 5.28. The predicted molar refractivity (Wildman–Crippen MR) is 64.7 cm³/mol. The largest absolute Gasteiger partial charge is 0.397 e. The third kappa shape index (κ3) is 2.64. The fourth-order valence-corrected chi connectivity index (χ4v) is 1.67. The number of halogens is 2. The fourth-order valence-electron chi connectivity index (χ4n) is 1.18. The molecule has 2 nitrogen and oxygen atoms in total. The second-order valence-corrected chi connectivity index (χ2v) is 5.27. The van der Waals surface area contributed by atoms with E-state index in [0.717, 1.165) is 0 Å². The number of Topliss-reactive ketones (excluding diaryl/α,β-unsaturated/α-hetero) is 1. The Bertz CT molecular complexity index is 408. The maximum Gasteiger partial charge on any atom is 0.170 e. The molecule has 0 spiro atoms. The molecule has 0 unspecified atom stereocenters. The van der Waals surface area contributed by atoms with Crippen molar-refractivity contribution in [2.24, 2.45) is 5.41 Å². The molecule has 0 aliphatic heterocycles. The summed E-state index contributed by atoms with van der Waals surface area (Å²) in [7, 11) is 0. The van der Waals surface area contributed by atoms with Crippen LogP contribution in [0.1, 0.15) is 31.1 Å². The molecule has 0 radical (unpaired) electrons. The molecular formula is C11H13Cl2NO. The zero-order chi connectivity index (χ0) is 11.8. The first kappa shape index (κ1) is 12.3. The van der Waals surface area contributed by atoms with Crippen molar-refractivity contribution in [3.63, 3.8) is 0 Å². The van der Waals surface area contributed by atoms with Crippen LogP contribution >= 0.6 is 23.2 Å². The van der Waals surface area contributed by atoms with Crippen molar-refractivity contribution >= 4 is 34.7 Å². The van der Waals surface area contributed by atoms with Crippen LogP contribution in [0.25, 0.3) is 0 Å². The van der Waals surface area contributed by atoms with Gasteiger partial charge in [-0.1, -0.05) is 44.0 Å². The highest BCUT2D eigenvalue weighted by molar-refractivity contribution is 6.37. The Morgan fingerprint density at radius 2 is 1.80 bits per heavy atom. The highest BCUT2D eigenvalue weighted by atomic mass is 35.5. The maximum absolute atomic E-state index is 12.0. The van der Waals surface area contributed by atoms with E-state index < -0.39 is 5.41 Å². The molecule has 0 saturated heterocycles. The maximum atomic E-state index is 12.0. The Hall–Kier alpha value is -0.730. The van der Waals surface area contributed by atoms with Gasteiger partial charge in [0, 0.05) is 16.0 Å². The topological polar surface area (TPSA) is 43.1 Å². The predicted octanol–water partition coefficient (Wildman–Crippen LogP) is 3.80. The van der Waals surface area contributed by atoms with E-state index in [0.29, 0.717) is 21.3 Å². The summed E-state index contributed by atoms with van der Waals surface area (Å²) < 4.78 is 0. The van der Waals surface area contributed by atoms with Crippen molar-refractivity contribution in [1.82, 2.24) is 0 Å². The van der Waals surface area contributed by atoms with Crippen molar-refractivity contribution in [2.75, 3.05) is 5.73 Å². The Balaban J connectivity index is 3.32. The third-order valence-electron chi connectivity index (χ3n) is 2.02. The van der Waals surface area contributed by atoms with Gasteiger partial charge in [0.25, 0.3) is 0 Å². The Morgan fingerprint density at radius 3 is 2.27 bits per heavy atom. The molecule has 0 heterocycles. The molecule has 0 aliphatic carbocycles. The minimum absolute atomic E-state index is 0.0654. The normalized spacial score (nSPS) is 11.5. The number of hydrogen-bond acceptors (Lipinski definition) is 2. The van der Waals surface area contributed by atoms with Crippen LogP contribution in [0.4, 0.5) is 5.69 Å². The van der Waals surface area contributed by atoms with E-state index in [4.69, 9.17) is 28.9 Å². The molecule has 0 aliphatic rings.